The lowest BCUT2D eigenvalue weighted by molar-refractivity contribution is -0.323. The number of aliphatic imine (C=N–C) groups is 1. The van der Waals surface area contributed by atoms with Crippen molar-refractivity contribution in [1.82, 2.24) is 0 Å². The van der Waals surface area contributed by atoms with Crippen LogP contribution in [0, 0.1) is 0 Å². The average molecular weight is 245 g/mol. The number of ether oxygens (including phenoxy) is 1. The van der Waals surface area contributed by atoms with Gasteiger partial charge in [-0.1, -0.05) is 43.7 Å². The van der Waals surface area contributed by atoms with Crippen molar-refractivity contribution in [2.75, 3.05) is 6.73 Å². The van der Waals surface area contributed by atoms with Crippen LogP contribution in [0.1, 0.15) is 25.3 Å². The number of nitrogens with zero attached hydrogens (tertiary/aromatic N) is 1. The molecule has 1 rings (SSSR count). The summed E-state index contributed by atoms with van der Waals surface area (Å²) in [6, 6.07) is 9.14. The van der Waals surface area contributed by atoms with E-state index in [1.165, 1.54) is 0 Å². The summed E-state index contributed by atoms with van der Waals surface area (Å²) in [5.74, 6) is 0. The van der Waals surface area contributed by atoms with Crippen LogP contribution in [0.5, 0.6) is 0 Å². The molecule has 0 unspecified atom stereocenters. The van der Waals surface area contributed by atoms with E-state index in [1.54, 1.807) is 0 Å². The van der Waals surface area contributed by atoms with Crippen molar-refractivity contribution in [1.29, 1.82) is 0 Å². The third-order valence-corrected chi connectivity index (χ3v) is 2.08. The van der Waals surface area contributed by atoms with E-state index < -0.39 is 13.1 Å². The second kappa shape index (κ2) is 6.39. The largest absolute Gasteiger partial charge is 0.524 e. The van der Waals surface area contributed by atoms with Crippen LogP contribution in [0.15, 0.2) is 35.3 Å². The van der Waals surface area contributed by atoms with Crippen molar-refractivity contribution >= 4 is 5.71 Å². The summed E-state index contributed by atoms with van der Waals surface area (Å²) in [7, 11) is 0. The first-order valence-corrected chi connectivity index (χ1v) is 5.32. The van der Waals surface area contributed by atoms with Crippen molar-refractivity contribution in [2.45, 2.75) is 26.1 Å². The SMILES string of the molecule is CCCC(=NCOC(F)(F)F)c1ccccc1. The smallest absolute Gasteiger partial charge is 0.269 e. The van der Waals surface area contributed by atoms with Gasteiger partial charge in [-0.05, 0) is 12.0 Å². The van der Waals surface area contributed by atoms with E-state index in [9.17, 15) is 13.2 Å². The number of hydrogen-bond acceptors (Lipinski definition) is 2. The Bertz CT molecular complexity index is 360. The Hall–Kier alpha value is -1.36. The Morgan fingerprint density at radius 2 is 1.88 bits per heavy atom. The van der Waals surface area contributed by atoms with Gasteiger partial charge >= 0.3 is 6.36 Å². The second-order valence-electron chi connectivity index (χ2n) is 3.44. The molecule has 17 heavy (non-hydrogen) atoms. The third-order valence-electron chi connectivity index (χ3n) is 2.08. The molecule has 0 spiro atoms. The van der Waals surface area contributed by atoms with Crippen molar-refractivity contribution in [2.24, 2.45) is 4.99 Å². The molecule has 0 aromatic heterocycles. The van der Waals surface area contributed by atoms with Gasteiger partial charge in [-0.25, -0.2) is 0 Å². The number of alkyl halides is 3. The summed E-state index contributed by atoms with van der Waals surface area (Å²) in [4.78, 5) is 3.84. The molecule has 0 heterocycles. The highest BCUT2D eigenvalue weighted by atomic mass is 19.4. The van der Waals surface area contributed by atoms with Crippen LogP contribution < -0.4 is 0 Å². The standard InChI is InChI=1S/C12H14F3NO/c1-2-6-11(10-7-4-3-5-8-10)16-9-17-12(13,14)15/h3-5,7-8H,2,6,9H2,1H3. The highest BCUT2D eigenvalue weighted by molar-refractivity contribution is 6.00. The maximum absolute atomic E-state index is 11.8. The highest BCUT2D eigenvalue weighted by Crippen LogP contribution is 2.16. The van der Waals surface area contributed by atoms with Crippen LogP contribution >= 0.6 is 0 Å². The lowest BCUT2D eigenvalue weighted by atomic mass is 10.1. The summed E-state index contributed by atoms with van der Waals surface area (Å²) >= 11 is 0. The molecule has 2 nitrogen and oxygen atoms in total. The van der Waals surface area contributed by atoms with Gasteiger partial charge in [-0.15, -0.1) is 13.2 Å². The van der Waals surface area contributed by atoms with Gasteiger partial charge in [0.05, 0.1) is 0 Å². The average Bonchev–Trinajstić information content (AvgIpc) is 2.27. The Labute approximate surface area is 98.1 Å². The number of rotatable bonds is 5. The number of halogens is 3. The minimum absolute atomic E-state index is 0.630. The molecule has 0 bridgehead atoms. The summed E-state index contributed by atoms with van der Waals surface area (Å²) < 4.78 is 39.0. The van der Waals surface area contributed by atoms with E-state index in [-0.39, 0.29) is 0 Å². The normalized spacial score (nSPS) is 12.8. The maximum Gasteiger partial charge on any atom is 0.524 e. The van der Waals surface area contributed by atoms with Gasteiger partial charge in [0.2, 0.25) is 0 Å². The zero-order chi connectivity index (χ0) is 12.7. The van der Waals surface area contributed by atoms with Crippen LogP contribution in [0.25, 0.3) is 0 Å². The fourth-order valence-corrected chi connectivity index (χ4v) is 1.37. The van der Waals surface area contributed by atoms with Crippen LogP contribution in [0.3, 0.4) is 0 Å². The van der Waals surface area contributed by atoms with E-state index in [2.05, 4.69) is 9.73 Å². The Balaban J connectivity index is 2.69. The molecule has 94 valence electrons. The van der Waals surface area contributed by atoms with Gasteiger partial charge in [-0.2, -0.15) is 0 Å². The predicted molar refractivity (Wildman–Crippen MR) is 59.9 cm³/mol. The second-order valence-corrected chi connectivity index (χ2v) is 3.44. The molecule has 1 aromatic rings. The molecule has 0 saturated heterocycles. The van der Waals surface area contributed by atoms with Gasteiger partial charge in [0.1, 0.15) is 6.73 Å². The zero-order valence-electron chi connectivity index (χ0n) is 9.50. The molecule has 0 atom stereocenters. The number of hydrogen-bond donors (Lipinski definition) is 0. The van der Waals surface area contributed by atoms with Crippen molar-refractivity contribution in [3.8, 4) is 0 Å². The van der Waals surface area contributed by atoms with E-state index >= 15 is 0 Å². The monoisotopic (exact) mass is 245 g/mol. The minimum atomic E-state index is -4.63. The van der Waals surface area contributed by atoms with Gasteiger partial charge < -0.3 is 0 Å². The molecule has 0 aliphatic carbocycles. The Kier molecular flexibility index (Phi) is 5.15. The van der Waals surface area contributed by atoms with Crippen molar-refractivity contribution < 1.29 is 17.9 Å². The summed E-state index contributed by atoms with van der Waals surface area (Å²) in [6.45, 7) is 1.26. The quantitative estimate of drug-likeness (QED) is 0.723. The zero-order valence-corrected chi connectivity index (χ0v) is 9.50. The van der Waals surface area contributed by atoms with Gasteiger partial charge in [0.15, 0.2) is 0 Å². The molecule has 0 saturated carbocycles. The Morgan fingerprint density at radius 3 is 2.41 bits per heavy atom. The van der Waals surface area contributed by atoms with Gasteiger partial charge in [-0.3, -0.25) is 9.73 Å². The van der Waals surface area contributed by atoms with Gasteiger partial charge in [0, 0.05) is 5.71 Å². The molecule has 0 fully saturated rings. The van der Waals surface area contributed by atoms with E-state index in [4.69, 9.17) is 0 Å². The van der Waals surface area contributed by atoms with E-state index in [1.807, 2.05) is 37.3 Å². The van der Waals surface area contributed by atoms with E-state index in [0.29, 0.717) is 12.1 Å². The number of benzene rings is 1. The summed E-state index contributed by atoms with van der Waals surface area (Å²) in [5.41, 5.74) is 1.47. The van der Waals surface area contributed by atoms with Crippen LogP contribution in [-0.4, -0.2) is 18.8 Å². The topological polar surface area (TPSA) is 21.6 Å². The van der Waals surface area contributed by atoms with Crippen LogP contribution in [0.2, 0.25) is 0 Å². The molecule has 1 aromatic carbocycles. The molecule has 0 amide bonds. The first kappa shape index (κ1) is 13.7. The predicted octanol–water partition coefficient (Wildman–Crippen LogP) is 3.77. The summed E-state index contributed by atoms with van der Waals surface area (Å²) in [5, 5.41) is 0. The lowest BCUT2D eigenvalue weighted by Crippen LogP contribution is -2.14. The maximum atomic E-state index is 11.8. The first-order chi connectivity index (χ1) is 8.03. The van der Waals surface area contributed by atoms with Crippen LogP contribution in [-0.2, 0) is 4.74 Å². The molecule has 0 N–H and O–H groups in total. The van der Waals surface area contributed by atoms with Crippen LogP contribution in [0.4, 0.5) is 13.2 Å². The first-order valence-electron chi connectivity index (χ1n) is 5.32. The Morgan fingerprint density at radius 1 is 1.24 bits per heavy atom. The lowest BCUT2D eigenvalue weighted by Gasteiger charge is -2.07. The molecule has 0 aliphatic heterocycles. The molecule has 0 radical (unpaired) electrons. The minimum Gasteiger partial charge on any atom is -0.269 e. The molecule has 5 heteroatoms. The fraction of sp³-hybridized carbons (Fsp3) is 0.417. The molecular formula is C12H14F3NO. The molecule has 0 aliphatic rings. The molecular weight excluding hydrogens is 231 g/mol. The summed E-state index contributed by atoms with van der Waals surface area (Å²) in [6.07, 6.45) is -3.18. The van der Waals surface area contributed by atoms with Crippen molar-refractivity contribution in [3.05, 3.63) is 35.9 Å². The van der Waals surface area contributed by atoms with Gasteiger partial charge in [0.25, 0.3) is 0 Å². The highest BCUT2D eigenvalue weighted by Gasteiger charge is 2.28. The third kappa shape index (κ3) is 5.49. The fourth-order valence-electron chi connectivity index (χ4n) is 1.37. The van der Waals surface area contributed by atoms with E-state index in [0.717, 1.165) is 12.0 Å². The van der Waals surface area contributed by atoms with Crippen molar-refractivity contribution in [3.63, 3.8) is 0 Å².